The summed E-state index contributed by atoms with van der Waals surface area (Å²) >= 11 is 1.75. The maximum Gasteiger partial charge on any atom is 0.0178 e. The van der Waals surface area contributed by atoms with Crippen LogP contribution in [0.25, 0.3) is 0 Å². The molecule has 0 bridgehead atoms. The van der Waals surface area contributed by atoms with Gasteiger partial charge in [0.25, 0.3) is 0 Å². The molecule has 0 aliphatic rings. The summed E-state index contributed by atoms with van der Waals surface area (Å²) in [4.78, 5) is 1.29. The molecule has 0 fully saturated rings. The zero-order valence-electron chi connectivity index (χ0n) is 10.0. The molecule has 0 amide bonds. The maximum atomic E-state index is 5.43. The summed E-state index contributed by atoms with van der Waals surface area (Å²) in [6.45, 7) is 8.63. The molecule has 0 saturated heterocycles. The molecule has 1 aromatic rings. The Morgan fingerprint density at radius 1 is 1.00 bits per heavy atom. The first-order chi connectivity index (χ1) is 6.86. The van der Waals surface area contributed by atoms with Crippen LogP contribution in [0.1, 0.15) is 33.3 Å². The summed E-state index contributed by atoms with van der Waals surface area (Å²) in [6, 6.07) is 8.30. The van der Waals surface area contributed by atoms with E-state index in [2.05, 4.69) is 30.5 Å². The number of rotatable bonds is 2. The molecule has 0 aliphatic heterocycles. The van der Waals surface area contributed by atoms with E-state index in [4.69, 9.17) is 5.73 Å². The van der Waals surface area contributed by atoms with Crippen molar-refractivity contribution in [3.63, 3.8) is 0 Å². The molecule has 0 radical (unpaired) electrons. The summed E-state index contributed by atoms with van der Waals surface area (Å²) in [6.07, 6.45) is 2.07. The largest absolute Gasteiger partial charge is 0.326 e. The van der Waals surface area contributed by atoms with Gasteiger partial charge in [-0.3, -0.25) is 0 Å². The third-order valence-electron chi connectivity index (χ3n) is 1.39. The molecule has 0 unspecified atom stereocenters. The second-order valence-electron chi connectivity index (χ2n) is 2.05. The van der Waals surface area contributed by atoms with Crippen molar-refractivity contribution in [1.82, 2.24) is 0 Å². The first-order valence-electron chi connectivity index (χ1n) is 5.20. The normalized spacial score (nSPS) is 7.86. The van der Waals surface area contributed by atoms with Crippen molar-refractivity contribution < 1.29 is 0 Å². The Morgan fingerprint density at radius 3 is 1.71 bits per heavy atom. The van der Waals surface area contributed by atoms with E-state index in [0.717, 1.165) is 0 Å². The molecule has 1 aromatic carbocycles. The van der Waals surface area contributed by atoms with Crippen LogP contribution in [0.2, 0.25) is 0 Å². The Hall–Kier alpha value is -0.470. The molecule has 2 heteroatoms. The van der Waals surface area contributed by atoms with Crippen molar-refractivity contribution in [3.05, 3.63) is 29.8 Å². The number of benzene rings is 1. The van der Waals surface area contributed by atoms with E-state index >= 15 is 0 Å². The van der Waals surface area contributed by atoms with E-state index in [1.54, 1.807) is 11.8 Å². The average Bonchev–Trinajstić information content (AvgIpc) is 2.34. The first kappa shape index (κ1) is 16.0. The Kier molecular flexibility index (Phi) is 14.3. The van der Waals surface area contributed by atoms with Crippen LogP contribution in [0.4, 0.5) is 0 Å². The SMILES string of the molecule is CC.CC.CSc1ccc(CN)cc1. The van der Waals surface area contributed by atoms with Crippen LogP contribution in [-0.4, -0.2) is 6.26 Å². The Balaban J connectivity index is 0. The molecule has 0 saturated carbocycles. The molecule has 0 spiro atoms. The highest BCUT2D eigenvalue weighted by Gasteiger charge is 1.88. The van der Waals surface area contributed by atoms with Crippen LogP contribution in [0.3, 0.4) is 0 Å². The fourth-order valence-electron chi connectivity index (χ4n) is 0.762. The zero-order chi connectivity index (χ0) is 11.4. The number of hydrogen-bond acceptors (Lipinski definition) is 2. The molecule has 0 heterocycles. The second-order valence-corrected chi connectivity index (χ2v) is 2.93. The average molecular weight is 213 g/mol. The van der Waals surface area contributed by atoms with Gasteiger partial charge in [-0.1, -0.05) is 39.8 Å². The van der Waals surface area contributed by atoms with Crippen LogP contribution in [0, 0.1) is 0 Å². The Labute approximate surface area is 93.1 Å². The minimum Gasteiger partial charge on any atom is -0.326 e. The van der Waals surface area contributed by atoms with E-state index in [-0.39, 0.29) is 0 Å². The van der Waals surface area contributed by atoms with Crippen molar-refractivity contribution in [2.75, 3.05) is 6.26 Å². The first-order valence-corrected chi connectivity index (χ1v) is 6.42. The molecular formula is C12H23NS. The fourth-order valence-corrected chi connectivity index (χ4v) is 1.17. The zero-order valence-corrected chi connectivity index (χ0v) is 10.8. The molecule has 0 aromatic heterocycles. The Bertz CT molecular complexity index is 171. The summed E-state index contributed by atoms with van der Waals surface area (Å²) in [5, 5.41) is 0. The third kappa shape index (κ3) is 6.98. The molecule has 0 atom stereocenters. The van der Waals surface area contributed by atoms with Gasteiger partial charge in [0.15, 0.2) is 0 Å². The van der Waals surface area contributed by atoms with E-state index in [0.29, 0.717) is 6.54 Å². The van der Waals surface area contributed by atoms with Crippen molar-refractivity contribution in [2.45, 2.75) is 39.1 Å². The molecular weight excluding hydrogens is 190 g/mol. The topological polar surface area (TPSA) is 26.0 Å². The maximum absolute atomic E-state index is 5.43. The number of hydrogen-bond donors (Lipinski definition) is 1. The quantitative estimate of drug-likeness (QED) is 0.754. The van der Waals surface area contributed by atoms with Gasteiger partial charge >= 0.3 is 0 Å². The minimum atomic E-state index is 0.634. The lowest BCUT2D eigenvalue weighted by Crippen LogP contribution is -1.94. The van der Waals surface area contributed by atoms with Crippen molar-refractivity contribution in [3.8, 4) is 0 Å². The van der Waals surface area contributed by atoms with Gasteiger partial charge in [0.05, 0.1) is 0 Å². The highest BCUT2D eigenvalue weighted by Crippen LogP contribution is 2.14. The van der Waals surface area contributed by atoms with Gasteiger partial charge < -0.3 is 5.73 Å². The van der Waals surface area contributed by atoms with Crippen LogP contribution in [-0.2, 0) is 6.54 Å². The number of thioether (sulfide) groups is 1. The van der Waals surface area contributed by atoms with Gasteiger partial charge in [-0.05, 0) is 24.0 Å². The van der Waals surface area contributed by atoms with Crippen LogP contribution in [0.5, 0.6) is 0 Å². The molecule has 1 nitrogen and oxygen atoms in total. The van der Waals surface area contributed by atoms with Gasteiger partial charge in [-0.15, -0.1) is 11.8 Å². The van der Waals surface area contributed by atoms with Gasteiger partial charge in [0.2, 0.25) is 0 Å². The van der Waals surface area contributed by atoms with Gasteiger partial charge in [-0.2, -0.15) is 0 Å². The fraction of sp³-hybridized carbons (Fsp3) is 0.500. The van der Waals surface area contributed by atoms with E-state index in [1.165, 1.54) is 10.5 Å². The van der Waals surface area contributed by atoms with Crippen molar-refractivity contribution in [2.24, 2.45) is 5.73 Å². The van der Waals surface area contributed by atoms with Gasteiger partial charge in [0.1, 0.15) is 0 Å². The monoisotopic (exact) mass is 213 g/mol. The highest BCUT2D eigenvalue weighted by atomic mass is 32.2. The van der Waals surface area contributed by atoms with Crippen LogP contribution < -0.4 is 5.73 Å². The number of nitrogens with two attached hydrogens (primary N) is 1. The van der Waals surface area contributed by atoms with Crippen LogP contribution >= 0.6 is 11.8 Å². The van der Waals surface area contributed by atoms with E-state index < -0.39 is 0 Å². The summed E-state index contributed by atoms with van der Waals surface area (Å²) in [7, 11) is 0. The van der Waals surface area contributed by atoms with E-state index in [9.17, 15) is 0 Å². The predicted octanol–water partition coefficient (Wildman–Crippen LogP) is 3.92. The molecule has 0 aliphatic carbocycles. The summed E-state index contributed by atoms with van der Waals surface area (Å²) < 4.78 is 0. The molecule has 82 valence electrons. The lowest BCUT2D eigenvalue weighted by atomic mass is 10.2. The highest BCUT2D eigenvalue weighted by molar-refractivity contribution is 7.98. The molecule has 1 rings (SSSR count). The summed E-state index contributed by atoms with van der Waals surface area (Å²) in [5.41, 5.74) is 6.63. The standard InChI is InChI=1S/C8H11NS.2C2H6/c1-10-8-4-2-7(6-9)3-5-8;2*1-2/h2-5H,6,9H2,1H3;2*1-2H3. The predicted molar refractivity (Wildman–Crippen MR) is 68.8 cm³/mol. The molecule has 14 heavy (non-hydrogen) atoms. The Morgan fingerprint density at radius 2 is 1.43 bits per heavy atom. The molecule has 2 N–H and O–H groups in total. The van der Waals surface area contributed by atoms with Crippen LogP contribution in [0.15, 0.2) is 29.2 Å². The smallest absolute Gasteiger partial charge is 0.0178 e. The lowest BCUT2D eigenvalue weighted by Gasteiger charge is -1.97. The van der Waals surface area contributed by atoms with Crippen molar-refractivity contribution >= 4 is 11.8 Å². The van der Waals surface area contributed by atoms with E-state index in [1.807, 2.05) is 27.7 Å². The van der Waals surface area contributed by atoms with Crippen molar-refractivity contribution in [1.29, 1.82) is 0 Å². The van der Waals surface area contributed by atoms with Gasteiger partial charge in [-0.25, -0.2) is 0 Å². The van der Waals surface area contributed by atoms with Gasteiger partial charge in [0, 0.05) is 11.4 Å². The summed E-state index contributed by atoms with van der Waals surface area (Å²) in [5.74, 6) is 0. The minimum absolute atomic E-state index is 0.634. The lowest BCUT2D eigenvalue weighted by molar-refractivity contribution is 1.07. The third-order valence-corrected chi connectivity index (χ3v) is 2.14. The second kappa shape index (κ2) is 12.5.